The van der Waals surface area contributed by atoms with Gasteiger partial charge < -0.3 is 14.7 Å². The molecule has 9 heteroatoms. The zero-order valence-electron chi connectivity index (χ0n) is 14.6. The predicted molar refractivity (Wildman–Crippen MR) is 93.4 cm³/mol. The van der Waals surface area contributed by atoms with Crippen molar-refractivity contribution in [3.8, 4) is 5.88 Å². The van der Waals surface area contributed by atoms with E-state index in [4.69, 9.17) is 4.74 Å². The van der Waals surface area contributed by atoms with Gasteiger partial charge in [-0.3, -0.25) is 0 Å². The van der Waals surface area contributed by atoms with Gasteiger partial charge in [0.25, 0.3) is 10.2 Å². The molecule has 1 atom stereocenters. The Hall–Kier alpha value is -1.26. The molecule has 2 fully saturated rings. The van der Waals surface area contributed by atoms with E-state index in [9.17, 15) is 13.5 Å². The molecule has 2 heterocycles. The van der Waals surface area contributed by atoms with E-state index in [1.165, 1.54) is 11.4 Å². The van der Waals surface area contributed by atoms with Gasteiger partial charge in [0, 0.05) is 38.4 Å². The number of hydrogen-bond donors (Lipinski definition) is 2. The Labute approximate surface area is 149 Å². The average Bonchev–Trinajstić information content (AvgIpc) is 2.58. The van der Waals surface area contributed by atoms with Gasteiger partial charge in [0.15, 0.2) is 0 Å². The Balaban J connectivity index is 1.77. The van der Waals surface area contributed by atoms with Crippen LogP contribution in [-0.2, 0) is 10.2 Å². The van der Waals surface area contributed by atoms with Crippen molar-refractivity contribution in [2.75, 3.05) is 40.3 Å². The first-order chi connectivity index (χ1) is 11.9. The van der Waals surface area contributed by atoms with Crippen LogP contribution >= 0.6 is 0 Å². The third-order valence-corrected chi connectivity index (χ3v) is 6.62. The fraction of sp³-hybridized carbons (Fsp3) is 0.688. The van der Waals surface area contributed by atoms with E-state index >= 15 is 0 Å². The highest BCUT2D eigenvalue weighted by Crippen LogP contribution is 2.38. The van der Waals surface area contributed by atoms with Gasteiger partial charge in [-0.15, -0.1) is 0 Å². The van der Waals surface area contributed by atoms with E-state index in [1.54, 1.807) is 12.3 Å². The lowest BCUT2D eigenvalue weighted by atomic mass is 9.76. The molecule has 2 aliphatic rings. The normalized spacial score (nSPS) is 26.8. The Morgan fingerprint density at radius 3 is 2.48 bits per heavy atom. The maximum Gasteiger partial charge on any atom is 0.280 e. The minimum Gasteiger partial charge on any atom is -0.481 e. The SMILES string of the molecule is COc1ccc(C(NS(=O)(=O)N2CCN(C)CC2)C2CC(O)C2)cn1. The molecule has 1 aromatic rings. The summed E-state index contributed by atoms with van der Waals surface area (Å²) in [7, 11) is -0.0679. The summed E-state index contributed by atoms with van der Waals surface area (Å²) in [6, 6.07) is 3.15. The number of aromatic nitrogens is 1. The molecule has 0 spiro atoms. The highest BCUT2D eigenvalue weighted by atomic mass is 32.2. The molecule has 25 heavy (non-hydrogen) atoms. The molecule has 2 N–H and O–H groups in total. The van der Waals surface area contributed by atoms with Gasteiger partial charge >= 0.3 is 0 Å². The molecule has 1 aliphatic heterocycles. The number of methoxy groups -OCH3 is 1. The summed E-state index contributed by atoms with van der Waals surface area (Å²) in [5, 5.41) is 9.64. The van der Waals surface area contributed by atoms with Crippen molar-refractivity contribution >= 4 is 10.2 Å². The summed E-state index contributed by atoms with van der Waals surface area (Å²) in [4.78, 5) is 6.30. The Bertz CT molecular complexity index is 668. The molecular formula is C16H26N4O4S. The van der Waals surface area contributed by atoms with E-state index in [0.29, 0.717) is 31.8 Å². The summed E-state index contributed by atoms with van der Waals surface area (Å²) in [6.45, 7) is 2.40. The Kier molecular flexibility index (Phi) is 5.59. The highest BCUT2D eigenvalue weighted by Gasteiger charge is 2.38. The number of likely N-dealkylation sites (N-methyl/N-ethyl adjacent to an activating group) is 1. The molecule has 1 aromatic heterocycles. The second kappa shape index (κ2) is 7.55. The summed E-state index contributed by atoms with van der Waals surface area (Å²) in [5.74, 6) is 0.547. The lowest BCUT2D eigenvalue weighted by Gasteiger charge is -2.39. The molecule has 1 unspecified atom stereocenters. The van der Waals surface area contributed by atoms with E-state index in [2.05, 4.69) is 14.6 Å². The fourth-order valence-corrected chi connectivity index (χ4v) is 4.74. The van der Waals surface area contributed by atoms with E-state index in [0.717, 1.165) is 18.7 Å². The van der Waals surface area contributed by atoms with Gasteiger partial charge in [-0.1, -0.05) is 6.07 Å². The van der Waals surface area contributed by atoms with Gasteiger partial charge in [-0.05, 0) is 31.4 Å². The first-order valence-corrected chi connectivity index (χ1v) is 9.97. The van der Waals surface area contributed by atoms with Crippen LogP contribution in [0.25, 0.3) is 0 Å². The van der Waals surface area contributed by atoms with Crippen LogP contribution in [0.2, 0.25) is 0 Å². The van der Waals surface area contributed by atoms with Gasteiger partial charge in [0.2, 0.25) is 5.88 Å². The summed E-state index contributed by atoms with van der Waals surface area (Å²) in [5.41, 5.74) is 0.787. The molecule has 1 aliphatic carbocycles. The van der Waals surface area contributed by atoms with E-state index in [-0.39, 0.29) is 12.0 Å². The molecule has 8 nitrogen and oxygen atoms in total. The monoisotopic (exact) mass is 370 g/mol. The Morgan fingerprint density at radius 1 is 1.28 bits per heavy atom. The van der Waals surface area contributed by atoms with Crippen LogP contribution in [0.3, 0.4) is 0 Å². The molecule has 0 amide bonds. The van der Waals surface area contributed by atoms with Crippen LogP contribution in [0.4, 0.5) is 0 Å². The number of piperazine rings is 1. The number of nitrogens with zero attached hydrogens (tertiary/aromatic N) is 3. The van der Waals surface area contributed by atoms with Crippen LogP contribution < -0.4 is 9.46 Å². The van der Waals surface area contributed by atoms with Crippen LogP contribution in [0, 0.1) is 5.92 Å². The maximum atomic E-state index is 12.8. The minimum atomic E-state index is -3.59. The van der Waals surface area contributed by atoms with Crippen molar-refractivity contribution in [2.45, 2.75) is 25.0 Å². The lowest BCUT2D eigenvalue weighted by molar-refractivity contribution is 0.0276. The minimum absolute atomic E-state index is 0.0624. The van der Waals surface area contributed by atoms with Crippen molar-refractivity contribution in [2.24, 2.45) is 5.92 Å². The number of pyridine rings is 1. The number of aliphatic hydroxyl groups excluding tert-OH is 1. The number of ether oxygens (including phenoxy) is 1. The number of rotatable bonds is 6. The molecule has 0 bridgehead atoms. The van der Waals surface area contributed by atoms with Gasteiger partial charge in [-0.2, -0.15) is 17.4 Å². The van der Waals surface area contributed by atoms with Gasteiger partial charge in [-0.25, -0.2) is 4.98 Å². The number of aliphatic hydroxyl groups is 1. The smallest absolute Gasteiger partial charge is 0.280 e. The molecule has 1 saturated heterocycles. The molecule has 0 radical (unpaired) electrons. The molecule has 3 rings (SSSR count). The second-order valence-corrected chi connectivity index (χ2v) is 8.52. The fourth-order valence-electron chi connectivity index (χ4n) is 3.30. The van der Waals surface area contributed by atoms with Crippen LogP contribution in [0.5, 0.6) is 5.88 Å². The quantitative estimate of drug-likeness (QED) is 0.731. The largest absolute Gasteiger partial charge is 0.481 e. The van der Waals surface area contributed by atoms with E-state index < -0.39 is 16.3 Å². The van der Waals surface area contributed by atoms with E-state index in [1.807, 2.05) is 13.1 Å². The summed E-state index contributed by atoms with van der Waals surface area (Å²) >= 11 is 0. The standard InChI is InChI=1S/C16H26N4O4S/c1-19-5-7-20(8-6-19)25(22,23)18-16(13-9-14(21)10-13)12-3-4-15(24-2)17-11-12/h3-4,11,13-14,16,18,21H,5-10H2,1-2H3. The second-order valence-electron chi connectivity index (χ2n) is 6.82. The average molecular weight is 370 g/mol. The lowest BCUT2D eigenvalue weighted by Crippen LogP contribution is -2.53. The molecule has 140 valence electrons. The first kappa shape index (κ1) is 18.5. The molecule has 1 saturated carbocycles. The third-order valence-electron chi connectivity index (χ3n) is 5.03. The zero-order chi connectivity index (χ0) is 18.0. The number of nitrogens with one attached hydrogen (secondary N) is 1. The summed E-state index contributed by atoms with van der Waals surface area (Å²) in [6.07, 6.45) is 2.46. The van der Waals surface area contributed by atoms with Crippen molar-refractivity contribution < 1.29 is 18.3 Å². The topological polar surface area (TPSA) is 95.0 Å². The van der Waals surface area contributed by atoms with Crippen molar-refractivity contribution in [1.29, 1.82) is 0 Å². The van der Waals surface area contributed by atoms with Crippen molar-refractivity contribution in [3.05, 3.63) is 23.9 Å². The Morgan fingerprint density at radius 2 is 1.96 bits per heavy atom. The highest BCUT2D eigenvalue weighted by molar-refractivity contribution is 7.87. The summed E-state index contributed by atoms with van der Waals surface area (Å²) < 4.78 is 35.0. The maximum absolute atomic E-state index is 12.8. The van der Waals surface area contributed by atoms with Crippen LogP contribution in [0.15, 0.2) is 18.3 Å². The molecular weight excluding hydrogens is 344 g/mol. The van der Waals surface area contributed by atoms with Crippen LogP contribution in [-0.4, -0.2) is 74.2 Å². The van der Waals surface area contributed by atoms with Crippen molar-refractivity contribution in [3.63, 3.8) is 0 Å². The third kappa shape index (κ3) is 4.29. The van der Waals surface area contributed by atoms with Gasteiger partial charge in [0.05, 0.1) is 19.3 Å². The predicted octanol–water partition coefficient (Wildman–Crippen LogP) is -0.0160. The van der Waals surface area contributed by atoms with Crippen LogP contribution in [0.1, 0.15) is 24.4 Å². The molecule has 0 aromatic carbocycles. The zero-order valence-corrected chi connectivity index (χ0v) is 15.4. The van der Waals surface area contributed by atoms with Gasteiger partial charge in [0.1, 0.15) is 0 Å². The van der Waals surface area contributed by atoms with Crippen molar-refractivity contribution in [1.82, 2.24) is 18.9 Å². The number of hydrogen-bond acceptors (Lipinski definition) is 6. The first-order valence-electron chi connectivity index (χ1n) is 8.53.